The number of para-hydroxylation sites is 1. The summed E-state index contributed by atoms with van der Waals surface area (Å²) in [6, 6.07) is 10.7. The number of thiophene rings is 1. The second-order valence-electron chi connectivity index (χ2n) is 4.42. The number of nitrogens with one attached hydrogen (secondary N) is 2. The van der Waals surface area contributed by atoms with Gasteiger partial charge in [0.15, 0.2) is 0 Å². The lowest BCUT2D eigenvalue weighted by atomic mass is 10.1. The second kappa shape index (κ2) is 5.38. The highest BCUT2D eigenvalue weighted by Gasteiger charge is 2.01. The molecule has 0 saturated heterocycles. The van der Waals surface area contributed by atoms with E-state index in [0.29, 0.717) is 0 Å². The van der Waals surface area contributed by atoms with E-state index in [1.807, 2.05) is 6.20 Å². The third-order valence-electron chi connectivity index (χ3n) is 3.16. The Bertz CT molecular complexity index is 610. The fourth-order valence-corrected chi connectivity index (χ4v) is 2.89. The van der Waals surface area contributed by atoms with Crippen LogP contribution in [0.1, 0.15) is 11.1 Å². The van der Waals surface area contributed by atoms with Crippen LogP contribution in [-0.4, -0.2) is 11.5 Å². The molecule has 0 aliphatic rings. The first-order chi connectivity index (χ1) is 8.93. The average Bonchev–Trinajstić information content (AvgIpc) is 3.05. The molecule has 2 heterocycles. The number of hydrogen-bond donors (Lipinski definition) is 2. The van der Waals surface area contributed by atoms with Crippen molar-refractivity contribution in [2.24, 2.45) is 0 Å². The highest BCUT2D eigenvalue weighted by atomic mass is 32.1. The fraction of sp³-hybridized carbons (Fsp3) is 0.200. The maximum absolute atomic E-state index is 3.51. The monoisotopic (exact) mass is 256 g/mol. The molecule has 2 nitrogen and oxygen atoms in total. The summed E-state index contributed by atoms with van der Waals surface area (Å²) in [4.78, 5) is 3.30. The lowest BCUT2D eigenvalue weighted by Crippen LogP contribution is -2.16. The van der Waals surface area contributed by atoms with Gasteiger partial charge in [-0.05, 0) is 52.4 Å². The Morgan fingerprint density at radius 2 is 2.17 bits per heavy atom. The third-order valence-corrected chi connectivity index (χ3v) is 3.89. The molecule has 0 unspecified atom stereocenters. The molecule has 0 spiro atoms. The van der Waals surface area contributed by atoms with Crippen molar-refractivity contribution in [3.8, 4) is 0 Å². The van der Waals surface area contributed by atoms with Gasteiger partial charge in [0.05, 0.1) is 0 Å². The molecule has 92 valence electrons. The first-order valence-electron chi connectivity index (χ1n) is 6.20. The number of hydrogen-bond acceptors (Lipinski definition) is 2. The van der Waals surface area contributed by atoms with Gasteiger partial charge in [0.2, 0.25) is 0 Å². The van der Waals surface area contributed by atoms with Crippen molar-refractivity contribution in [1.82, 2.24) is 10.3 Å². The molecule has 2 aromatic heterocycles. The van der Waals surface area contributed by atoms with E-state index in [1.54, 1.807) is 11.3 Å². The van der Waals surface area contributed by atoms with Gasteiger partial charge in [0.25, 0.3) is 0 Å². The summed E-state index contributed by atoms with van der Waals surface area (Å²) in [5.41, 5.74) is 4.01. The van der Waals surface area contributed by atoms with E-state index >= 15 is 0 Å². The van der Waals surface area contributed by atoms with E-state index in [4.69, 9.17) is 0 Å². The van der Waals surface area contributed by atoms with Gasteiger partial charge in [-0.25, -0.2) is 0 Å². The molecular weight excluding hydrogens is 240 g/mol. The molecule has 0 amide bonds. The quantitative estimate of drug-likeness (QED) is 0.671. The third kappa shape index (κ3) is 2.47. The maximum atomic E-state index is 3.51. The lowest BCUT2D eigenvalue weighted by molar-refractivity contribution is 0.690. The van der Waals surface area contributed by atoms with Crippen molar-refractivity contribution < 1.29 is 0 Å². The van der Waals surface area contributed by atoms with E-state index in [-0.39, 0.29) is 0 Å². The van der Waals surface area contributed by atoms with Gasteiger partial charge in [-0.15, -0.1) is 0 Å². The Balaban J connectivity index is 1.58. The van der Waals surface area contributed by atoms with E-state index in [0.717, 1.165) is 19.5 Å². The highest BCUT2D eigenvalue weighted by Crippen LogP contribution is 2.16. The van der Waals surface area contributed by atoms with E-state index in [1.165, 1.54) is 22.0 Å². The number of aromatic nitrogens is 1. The largest absolute Gasteiger partial charge is 0.361 e. The minimum Gasteiger partial charge on any atom is -0.361 e. The second-order valence-corrected chi connectivity index (χ2v) is 5.20. The van der Waals surface area contributed by atoms with Crippen molar-refractivity contribution >= 4 is 22.2 Å². The predicted octanol–water partition coefficient (Wildman–Crippen LogP) is 3.56. The minimum absolute atomic E-state index is 0.919. The van der Waals surface area contributed by atoms with Crippen LogP contribution < -0.4 is 5.32 Å². The summed E-state index contributed by atoms with van der Waals surface area (Å²) in [5.74, 6) is 0. The van der Waals surface area contributed by atoms with Gasteiger partial charge in [0.1, 0.15) is 0 Å². The van der Waals surface area contributed by atoms with Crippen molar-refractivity contribution in [2.45, 2.75) is 13.0 Å². The van der Waals surface area contributed by atoms with Crippen LogP contribution in [0.4, 0.5) is 0 Å². The summed E-state index contributed by atoms with van der Waals surface area (Å²) in [5, 5.41) is 9.14. The lowest BCUT2D eigenvalue weighted by Gasteiger charge is -2.05. The number of aromatic amines is 1. The zero-order chi connectivity index (χ0) is 12.2. The molecule has 0 aliphatic heterocycles. The molecule has 1 aromatic carbocycles. The Morgan fingerprint density at radius 3 is 3.06 bits per heavy atom. The minimum atomic E-state index is 0.919. The van der Waals surface area contributed by atoms with Crippen LogP contribution in [0, 0.1) is 0 Å². The topological polar surface area (TPSA) is 27.8 Å². The van der Waals surface area contributed by atoms with Crippen molar-refractivity contribution in [2.75, 3.05) is 6.54 Å². The predicted molar refractivity (Wildman–Crippen MR) is 78.0 cm³/mol. The van der Waals surface area contributed by atoms with Gasteiger partial charge in [-0.3, -0.25) is 0 Å². The summed E-state index contributed by atoms with van der Waals surface area (Å²) in [6.07, 6.45) is 3.10. The molecule has 0 bridgehead atoms. The van der Waals surface area contributed by atoms with Crippen LogP contribution in [-0.2, 0) is 13.0 Å². The molecule has 2 N–H and O–H groups in total. The zero-order valence-corrected chi connectivity index (χ0v) is 11.0. The summed E-state index contributed by atoms with van der Waals surface area (Å²) in [7, 11) is 0. The first-order valence-corrected chi connectivity index (χ1v) is 7.14. The van der Waals surface area contributed by atoms with E-state index in [9.17, 15) is 0 Å². The smallest absolute Gasteiger partial charge is 0.0499 e. The Labute approximate surface area is 111 Å². The molecule has 3 heteroatoms. The maximum Gasteiger partial charge on any atom is 0.0499 e. The number of fused-ring (bicyclic) bond motifs is 1. The molecular formula is C15H16N2S. The van der Waals surface area contributed by atoms with Crippen molar-refractivity contribution in [1.29, 1.82) is 0 Å². The van der Waals surface area contributed by atoms with E-state index < -0.39 is 0 Å². The molecule has 0 radical (unpaired) electrons. The summed E-state index contributed by atoms with van der Waals surface area (Å²) in [6.45, 7) is 1.94. The van der Waals surface area contributed by atoms with Gasteiger partial charge >= 0.3 is 0 Å². The highest BCUT2D eigenvalue weighted by molar-refractivity contribution is 7.07. The summed E-state index contributed by atoms with van der Waals surface area (Å²) < 4.78 is 0. The molecule has 0 atom stereocenters. The van der Waals surface area contributed by atoms with Crippen molar-refractivity contribution in [3.05, 3.63) is 58.4 Å². The SMILES string of the molecule is c1cc(CNCCc2ccsc2)c2[nH]ccc2c1. The van der Waals surface area contributed by atoms with Crippen LogP contribution >= 0.6 is 11.3 Å². The van der Waals surface area contributed by atoms with Gasteiger partial charge in [-0.2, -0.15) is 11.3 Å². The standard InChI is InChI=1S/C15H16N2S/c1-2-13-5-8-17-15(13)14(3-1)10-16-7-4-12-6-9-18-11-12/h1-3,5-6,8-9,11,16-17H,4,7,10H2. The van der Waals surface area contributed by atoms with Gasteiger partial charge in [0, 0.05) is 18.3 Å². The number of H-pyrrole nitrogens is 1. The summed E-state index contributed by atoms with van der Waals surface area (Å²) >= 11 is 1.76. The molecule has 18 heavy (non-hydrogen) atoms. The fourth-order valence-electron chi connectivity index (χ4n) is 2.19. The molecule has 0 fully saturated rings. The molecule has 3 aromatic rings. The molecule has 3 rings (SSSR count). The van der Waals surface area contributed by atoms with E-state index in [2.05, 4.69) is 51.4 Å². The Kier molecular flexibility index (Phi) is 3.44. The number of rotatable bonds is 5. The average molecular weight is 256 g/mol. The normalized spacial score (nSPS) is 11.1. The van der Waals surface area contributed by atoms with Crippen LogP contribution in [0.5, 0.6) is 0 Å². The van der Waals surface area contributed by atoms with Crippen molar-refractivity contribution in [3.63, 3.8) is 0 Å². The van der Waals surface area contributed by atoms with Crippen LogP contribution in [0.2, 0.25) is 0 Å². The molecule has 0 saturated carbocycles. The zero-order valence-electron chi connectivity index (χ0n) is 10.1. The molecule has 0 aliphatic carbocycles. The van der Waals surface area contributed by atoms with Crippen LogP contribution in [0.25, 0.3) is 10.9 Å². The number of benzene rings is 1. The van der Waals surface area contributed by atoms with Crippen LogP contribution in [0.15, 0.2) is 47.3 Å². The van der Waals surface area contributed by atoms with Gasteiger partial charge in [-0.1, -0.05) is 18.2 Å². The Morgan fingerprint density at radius 1 is 1.17 bits per heavy atom. The Hall–Kier alpha value is -1.58. The first kappa shape index (κ1) is 11.5. The van der Waals surface area contributed by atoms with Gasteiger partial charge < -0.3 is 10.3 Å². The van der Waals surface area contributed by atoms with Crippen LogP contribution in [0.3, 0.4) is 0 Å².